The quantitative estimate of drug-likeness (QED) is 0.711. The number of aromatic nitrogens is 6. The van der Waals surface area contributed by atoms with E-state index in [1.54, 1.807) is 0 Å². The molecule has 2 N–H and O–H groups in total. The van der Waals surface area contributed by atoms with E-state index < -0.39 is 0 Å². The maximum Gasteiger partial charge on any atom is 0.258 e. The second-order valence-corrected chi connectivity index (χ2v) is 3.73. The molecule has 0 bridgehead atoms. The van der Waals surface area contributed by atoms with Crippen molar-refractivity contribution >= 4 is 11.9 Å². The molecule has 1 saturated heterocycles. The van der Waals surface area contributed by atoms with Gasteiger partial charge in [-0.25, -0.2) is 4.98 Å². The van der Waals surface area contributed by atoms with Gasteiger partial charge in [-0.05, 0) is 0 Å². The fourth-order valence-corrected chi connectivity index (χ4v) is 1.69. The van der Waals surface area contributed by atoms with Crippen LogP contribution >= 0.6 is 0 Å². The highest BCUT2D eigenvalue weighted by molar-refractivity contribution is 5.37. The lowest BCUT2D eigenvalue weighted by Crippen LogP contribution is -2.37. The van der Waals surface area contributed by atoms with Crippen molar-refractivity contribution in [3.05, 3.63) is 12.7 Å². The molecule has 0 saturated carbocycles. The summed E-state index contributed by atoms with van der Waals surface area (Å²) in [6, 6.07) is 0. The van der Waals surface area contributed by atoms with E-state index in [1.807, 2.05) is 4.90 Å². The third-order valence-corrected chi connectivity index (χ3v) is 2.55. The number of rotatable bonds is 2. The predicted molar refractivity (Wildman–Crippen MR) is 62.2 cm³/mol. The summed E-state index contributed by atoms with van der Waals surface area (Å²) in [5.41, 5.74) is 5.69. The molecule has 9 nitrogen and oxygen atoms in total. The summed E-state index contributed by atoms with van der Waals surface area (Å²) in [6.45, 7) is 2.79. The molecule has 0 unspecified atom stereocenters. The fourth-order valence-electron chi connectivity index (χ4n) is 1.69. The molecule has 3 rings (SSSR count). The highest BCUT2D eigenvalue weighted by atomic mass is 16.5. The Morgan fingerprint density at radius 1 is 1.11 bits per heavy atom. The van der Waals surface area contributed by atoms with Crippen LogP contribution < -0.4 is 10.6 Å². The molecule has 9 heteroatoms. The van der Waals surface area contributed by atoms with Gasteiger partial charge in [0.1, 0.15) is 12.7 Å². The van der Waals surface area contributed by atoms with Crippen LogP contribution in [-0.2, 0) is 4.74 Å². The van der Waals surface area contributed by atoms with Gasteiger partial charge in [-0.1, -0.05) is 0 Å². The van der Waals surface area contributed by atoms with Gasteiger partial charge in [-0.3, -0.25) is 0 Å². The minimum absolute atomic E-state index is 0.164. The Morgan fingerprint density at radius 2 is 1.89 bits per heavy atom. The number of anilines is 2. The Hall–Kier alpha value is -2.29. The minimum Gasteiger partial charge on any atom is -0.378 e. The highest BCUT2D eigenvalue weighted by Gasteiger charge is 2.16. The summed E-state index contributed by atoms with van der Waals surface area (Å²) < 4.78 is 6.73. The van der Waals surface area contributed by atoms with E-state index in [1.165, 1.54) is 17.3 Å². The normalized spacial score (nSPS) is 15.9. The highest BCUT2D eigenvalue weighted by Crippen LogP contribution is 2.12. The maximum atomic E-state index is 5.69. The van der Waals surface area contributed by atoms with E-state index in [0.717, 1.165) is 13.1 Å². The summed E-state index contributed by atoms with van der Waals surface area (Å²) in [5.74, 6) is 1.06. The van der Waals surface area contributed by atoms with Crippen LogP contribution in [0.3, 0.4) is 0 Å². The molecule has 18 heavy (non-hydrogen) atoms. The van der Waals surface area contributed by atoms with Gasteiger partial charge in [-0.2, -0.15) is 24.7 Å². The molecule has 0 spiro atoms. The standard InChI is InChI=1S/C9H12N8O/c10-7-13-8(16-1-3-18-4-2-16)15-9(14-7)17-6-11-5-12-17/h5-6H,1-4H2,(H2,10,13,14,15). The van der Waals surface area contributed by atoms with Gasteiger partial charge in [0.2, 0.25) is 11.9 Å². The Labute approximate surface area is 103 Å². The molecule has 1 aliphatic heterocycles. The fraction of sp³-hybridized carbons (Fsp3) is 0.444. The first kappa shape index (κ1) is 10.8. The van der Waals surface area contributed by atoms with Gasteiger partial charge in [-0.15, -0.1) is 0 Å². The van der Waals surface area contributed by atoms with Crippen LogP contribution in [-0.4, -0.2) is 56.0 Å². The minimum atomic E-state index is 0.164. The van der Waals surface area contributed by atoms with E-state index >= 15 is 0 Å². The van der Waals surface area contributed by atoms with Crippen molar-refractivity contribution in [2.24, 2.45) is 0 Å². The van der Waals surface area contributed by atoms with Crippen LogP contribution in [0.15, 0.2) is 12.7 Å². The molecule has 2 aromatic rings. The molecule has 3 heterocycles. The van der Waals surface area contributed by atoms with Crippen molar-refractivity contribution in [1.29, 1.82) is 0 Å². The smallest absolute Gasteiger partial charge is 0.258 e. The number of hydrogen-bond acceptors (Lipinski definition) is 8. The Kier molecular flexibility index (Phi) is 2.73. The van der Waals surface area contributed by atoms with Crippen LogP contribution in [0.4, 0.5) is 11.9 Å². The van der Waals surface area contributed by atoms with E-state index in [4.69, 9.17) is 10.5 Å². The van der Waals surface area contributed by atoms with Crippen molar-refractivity contribution < 1.29 is 4.74 Å². The summed E-state index contributed by atoms with van der Waals surface area (Å²) in [7, 11) is 0. The van der Waals surface area contributed by atoms with Gasteiger partial charge < -0.3 is 15.4 Å². The molecule has 0 radical (unpaired) electrons. The van der Waals surface area contributed by atoms with Crippen LogP contribution in [0.5, 0.6) is 0 Å². The summed E-state index contributed by atoms with van der Waals surface area (Å²) in [6.07, 6.45) is 2.92. The number of nitrogens with zero attached hydrogens (tertiary/aromatic N) is 7. The monoisotopic (exact) mass is 248 g/mol. The lowest BCUT2D eigenvalue weighted by molar-refractivity contribution is 0.122. The number of morpholine rings is 1. The van der Waals surface area contributed by atoms with Gasteiger partial charge in [0.15, 0.2) is 0 Å². The molecule has 1 fully saturated rings. The molecule has 0 amide bonds. The van der Waals surface area contributed by atoms with Crippen molar-refractivity contribution in [1.82, 2.24) is 29.7 Å². The molecule has 0 aromatic carbocycles. The predicted octanol–water partition coefficient (Wildman–Crippen LogP) is -1.13. The molecule has 0 atom stereocenters. The zero-order valence-corrected chi connectivity index (χ0v) is 9.60. The molecule has 94 valence electrons. The number of hydrogen-bond donors (Lipinski definition) is 1. The van der Waals surface area contributed by atoms with E-state index in [-0.39, 0.29) is 5.95 Å². The van der Waals surface area contributed by atoms with Crippen LogP contribution in [0.2, 0.25) is 0 Å². The average Bonchev–Trinajstić information content (AvgIpc) is 2.93. The van der Waals surface area contributed by atoms with Crippen LogP contribution in [0.25, 0.3) is 5.95 Å². The lowest BCUT2D eigenvalue weighted by atomic mass is 10.4. The number of nitrogen functional groups attached to an aromatic ring is 1. The summed E-state index contributed by atoms with van der Waals surface area (Å²) >= 11 is 0. The second-order valence-electron chi connectivity index (χ2n) is 3.73. The maximum absolute atomic E-state index is 5.69. The van der Waals surface area contributed by atoms with Gasteiger partial charge in [0.25, 0.3) is 5.95 Å². The van der Waals surface area contributed by atoms with Gasteiger partial charge >= 0.3 is 0 Å². The van der Waals surface area contributed by atoms with Gasteiger partial charge in [0.05, 0.1) is 13.2 Å². The Bertz CT molecular complexity index is 521. The van der Waals surface area contributed by atoms with Gasteiger partial charge in [0, 0.05) is 13.1 Å². The first-order valence-corrected chi connectivity index (χ1v) is 5.52. The second kappa shape index (κ2) is 4.53. The molecular formula is C9H12N8O. The SMILES string of the molecule is Nc1nc(N2CCOCC2)nc(-n2cncn2)n1. The topological polar surface area (TPSA) is 108 Å². The lowest BCUT2D eigenvalue weighted by Gasteiger charge is -2.26. The van der Waals surface area contributed by atoms with E-state index in [2.05, 4.69) is 25.0 Å². The Morgan fingerprint density at radius 3 is 2.61 bits per heavy atom. The van der Waals surface area contributed by atoms with Crippen molar-refractivity contribution in [2.75, 3.05) is 36.9 Å². The van der Waals surface area contributed by atoms with Crippen molar-refractivity contribution in [3.63, 3.8) is 0 Å². The first-order valence-electron chi connectivity index (χ1n) is 5.52. The van der Waals surface area contributed by atoms with Crippen molar-refractivity contribution in [3.8, 4) is 5.95 Å². The zero-order valence-electron chi connectivity index (χ0n) is 9.60. The molecule has 0 aliphatic carbocycles. The van der Waals surface area contributed by atoms with E-state index in [9.17, 15) is 0 Å². The van der Waals surface area contributed by atoms with Crippen LogP contribution in [0, 0.1) is 0 Å². The molecular weight excluding hydrogens is 236 g/mol. The largest absolute Gasteiger partial charge is 0.378 e. The first-order chi connectivity index (χ1) is 8.83. The zero-order chi connectivity index (χ0) is 12.4. The number of nitrogens with two attached hydrogens (primary N) is 1. The summed E-state index contributed by atoms with van der Waals surface area (Å²) in [5, 5.41) is 3.97. The van der Waals surface area contributed by atoms with E-state index in [0.29, 0.717) is 25.1 Å². The summed E-state index contributed by atoms with van der Waals surface area (Å²) in [4.78, 5) is 18.3. The van der Waals surface area contributed by atoms with Crippen LogP contribution in [0.1, 0.15) is 0 Å². The molecule has 1 aliphatic rings. The third-order valence-electron chi connectivity index (χ3n) is 2.55. The average molecular weight is 248 g/mol. The third kappa shape index (κ3) is 2.07. The Balaban J connectivity index is 1.95. The number of ether oxygens (including phenoxy) is 1. The van der Waals surface area contributed by atoms with Crippen molar-refractivity contribution in [2.45, 2.75) is 0 Å². The molecule has 2 aromatic heterocycles.